The van der Waals surface area contributed by atoms with Gasteiger partial charge in [0.25, 0.3) is 0 Å². The zero-order chi connectivity index (χ0) is 21.3. The second-order valence-electron chi connectivity index (χ2n) is 8.07. The van der Waals surface area contributed by atoms with Crippen molar-refractivity contribution in [1.82, 2.24) is 4.90 Å². The molecule has 1 aliphatic heterocycles. The Kier molecular flexibility index (Phi) is 9.49. The molecule has 0 aromatic heterocycles. The summed E-state index contributed by atoms with van der Waals surface area (Å²) in [5.74, 6) is -2.72. The van der Waals surface area contributed by atoms with E-state index in [9.17, 15) is 14.4 Å². The second kappa shape index (κ2) is 11.1. The summed E-state index contributed by atoms with van der Waals surface area (Å²) in [4.78, 5) is 39.2. The molecule has 0 spiro atoms. The highest BCUT2D eigenvalue weighted by Gasteiger charge is 2.45. The van der Waals surface area contributed by atoms with Crippen LogP contribution >= 0.6 is 0 Å². The fourth-order valence-electron chi connectivity index (χ4n) is 3.37. The zero-order valence-corrected chi connectivity index (χ0v) is 18.0. The third-order valence-electron chi connectivity index (χ3n) is 4.70. The Morgan fingerprint density at radius 3 is 2.18 bits per heavy atom. The highest BCUT2D eigenvalue weighted by molar-refractivity contribution is 5.96. The molecule has 28 heavy (non-hydrogen) atoms. The molecule has 0 radical (unpaired) electrons. The van der Waals surface area contributed by atoms with Gasteiger partial charge in [-0.15, -0.1) is 0 Å². The van der Waals surface area contributed by atoms with Crippen LogP contribution in [-0.2, 0) is 23.8 Å². The molecule has 2 atom stereocenters. The number of hydrogen-bond donors (Lipinski definition) is 0. The summed E-state index contributed by atoms with van der Waals surface area (Å²) < 4.78 is 15.2. The summed E-state index contributed by atoms with van der Waals surface area (Å²) in [6, 6.07) is -0.960. The van der Waals surface area contributed by atoms with Crippen LogP contribution < -0.4 is 0 Å². The molecule has 160 valence electrons. The average molecular weight is 398 g/mol. The fourth-order valence-corrected chi connectivity index (χ4v) is 3.37. The van der Waals surface area contributed by atoms with Gasteiger partial charge in [0.05, 0.1) is 20.3 Å². The Hall–Kier alpha value is -2.05. The Balaban J connectivity index is 3.19. The van der Waals surface area contributed by atoms with Crippen molar-refractivity contribution in [2.75, 3.05) is 14.2 Å². The minimum atomic E-state index is -1.25. The summed E-state index contributed by atoms with van der Waals surface area (Å²) in [6.07, 6.45) is 8.77. The van der Waals surface area contributed by atoms with Crippen molar-refractivity contribution >= 4 is 18.0 Å². The van der Waals surface area contributed by atoms with Gasteiger partial charge in [-0.05, 0) is 33.6 Å². The molecule has 0 unspecified atom stereocenters. The van der Waals surface area contributed by atoms with Crippen LogP contribution in [-0.4, -0.2) is 54.8 Å². The highest BCUT2D eigenvalue weighted by Crippen LogP contribution is 2.29. The molecule has 1 amide bonds. The Morgan fingerprint density at radius 2 is 1.68 bits per heavy atom. The van der Waals surface area contributed by atoms with E-state index in [1.807, 2.05) is 6.08 Å². The molecule has 1 aliphatic rings. The lowest BCUT2D eigenvalue weighted by Gasteiger charge is -2.41. The first-order valence-electron chi connectivity index (χ1n) is 9.99. The number of methoxy groups -OCH3 is 2. The Labute approximate surface area is 168 Å². The molecule has 0 aliphatic carbocycles. The number of ether oxygens (including phenoxy) is 3. The van der Waals surface area contributed by atoms with Gasteiger partial charge in [0.1, 0.15) is 5.60 Å². The van der Waals surface area contributed by atoms with Gasteiger partial charge in [-0.1, -0.05) is 44.8 Å². The van der Waals surface area contributed by atoms with Crippen molar-refractivity contribution in [1.29, 1.82) is 0 Å². The van der Waals surface area contributed by atoms with Crippen LogP contribution in [0.15, 0.2) is 12.2 Å². The number of amides is 1. The highest BCUT2D eigenvalue weighted by atomic mass is 16.6. The molecule has 0 aromatic carbocycles. The van der Waals surface area contributed by atoms with Crippen LogP contribution in [0.2, 0.25) is 0 Å². The van der Waals surface area contributed by atoms with Crippen LogP contribution in [0.3, 0.4) is 0 Å². The number of esters is 2. The van der Waals surface area contributed by atoms with E-state index in [1.165, 1.54) is 19.1 Å². The van der Waals surface area contributed by atoms with E-state index in [4.69, 9.17) is 14.2 Å². The van der Waals surface area contributed by atoms with E-state index in [0.29, 0.717) is 6.42 Å². The minimum Gasteiger partial charge on any atom is -0.468 e. The molecule has 0 saturated heterocycles. The monoisotopic (exact) mass is 397 g/mol. The molecule has 7 nitrogen and oxygen atoms in total. The Morgan fingerprint density at radius 1 is 1.07 bits per heavy atom. The van der Waals surface area contributed by atoms with Gasteiger partial charge in [-0.25, -0.2) is 4.79 Å². The number of nitrogens with zero attached hydrogens (tertiary/aromatic N) is 1. The smallest absolute Gasteiger partial charge is 0.411 e. The first kappa shape index (κ1) is 24.0. The van der Waals surface area contributed by atoms with E-state index in [-0.39, 0.29) is 6.04 Å². The third-order valence-corrected chi connectivity index (χ3v) is 4.70. The molecule has 0 N–H and O–H groups in total. The van der Waals surface area contributed by atoms with Crippen LogP contribution in [0.4, 0.5) is 4.79 Å². The van der Waals surface area contributed by atoms with Crippen LogP contribution in [0.5, 0.6) is 0 Å². The quantitative estimate of drug-likeness (QED) is 0.203. The van der Waals surface area contributed by atoms with Gasteiger partial charge < -0.3 is 14.2 Å². The number of unbranched alkanes of at least 4 members (excludes halogenated alkanes) is 3. The molecule has 1 rings (SSSR count). The zero-order valence-electron chi connectivity index (χ0n) is 18.0. The summed E-state index contributed by atoms with van der Waals surface area (Å²) in [5.41, 5.74) is -0.693. The number of rotatable bonds is 8. The van der Waals surface area contributed by atoms with E-state index in [1.54, 1.807) is 26.8 Å². The molecule has 0 bridgehead atoms. The van der Waals surface area contributed by atoms with Crippen molar-refractivity contribution in [3.05, 3.63) is 12.2 Å². The average Bonchev–Trinajstić information content (AvgIpc) is 2.63. The first-order chi connectivity index (χ1) is 13.2. The van der Waals surface area contributed by atoms with Gasteiger partial charge >= 0.3 is 18.0 Å². The lowest BCUT2D eigenvalue weighted by atomic mass is 9.90. The molecule has 1 heterocycles. The molecular formula is C21H35NO6. The maximum absolute atomic E-state index is 13.0. The van der Waals surface area contributed by atoms with Crippen molar-refractivity contribution in [2.24, 2.45) is 5.92 Å². The van der Waals surface area contributed by atoms with E-state index in [2.05, 4.69) is 6.92 Å². The predicted molar refractivity (Wildman–Crippen MR) is 106 cm³/mol. The number of carbonyl (C=O) groups excluding carboxylic acids is 3. The van der Waals surface area contributed by atoms with E-state index >= 15 is 0 Å². The van der Waals surface area contributed by atoms with Gasteiger partial charge in [0.2, 0.25) is 0 Å². The molecular weight excluding hydrogens is 362 g/mol. The molecule has 7 heteroatoms. The van der Waals surface area contributed by atoms with Gasteiger partial charge in [-0.2, -0.15) is 0 Å². The van der Waals surface area contributed by atoms with Crippen molar-refractivity contribution in [2.45, 2.75) is 83.9 Å². The summed E-state index contributed by atoms with van der Waals surface area (Å²) in [7, 11) is 2.43. The first-order valence-corrected chi connectivity index (χ1v) is 9.99. The summed E-state index contributed by atoms with van der Waals surface area (Å²) >= 11 is 0. The van der Waals surface area contributed by atoms with Gasteiger partial charge in [0.15, 0.2) is 5.92 Å². The van der Waals surface area contributed by atoms with Crippen LogP contribution in [0.25, 0.3) is 0 Å². The van der Waals surface area contributed by atoms with Crippen molar-refractivity contribution in [3.63, 3.8) is 0 Å². The SMILES string of the molecule is CCCCCC[C@@H]1CC=C[C@@H](C(C(=O)OC)C(=O)OC)N1C(=O)OC(C)(C)C. The summed E-state index contributed by atoms with van der Waals surface area (Å²) in [5, 5.41) is 0. The van der Waals surface area contributed by atoms with E-state index in [0.717, 1.165) is 32.1 Å². The number of carbonyl (C=O) groups is 3. The minimum absolute atomic E-state index is 0.154. The maximum atomic E-state index is 13.0. The number of hydrogen-bond acceptors (Lipinski definition) is 6. The van der Waals surface area contributed by atoms with Crippen LogP contribution in [0.1, 0.15) is 66.2 Å². The Bertz CT molecular complexity index is 550. The van der Waals surface area contributed by atoms with Crippen molar-refractivity contribution in [3.8, 4) is 0 Å². The topological polar surface area (TPSA) is 82.1 Å². The van der Waals surface area contributed by atoms with Crippen LogP contribution in [0, 0.1) is 5.92 Å². The molecule has 0 fully saturated rings. The van der Waals surface area contributed by atoms with Crippen molar-refractivity contribution < 1.29 is 28.6 Å². The molecule has 0 aromatic rings. The normalized spacial score (nSPS) is 19.5. The predicted octanol–water partition coefficient (Wildman–Crippen LogP) is 3.85. The maximum Gasteiger partial charge on any atom is 0.411 e. The summed E-state index contributed by atoms with van der Waals surface area (Å²) in [6.45, 7) is 7.50. The fraction of sp³-hybridized carbons (Fsp3) is 0.762. The van der Waals surface area contributed by atoms with E-state index < -0.39 is 35.6 Å². The van der Waals surface area contributed by atoms with Gasteiger partial charge in [0, 0.05) is 6.04 Å². The largest absolute Gasteiger partial charge is 0.468 e. The third kappa shape index (κ3) is 6.84. The standard InChI is InChI=1S/C21H35NO6/c1-7-8-9-10-12-15-13-11-14-16(17(18(23)26-5)19(24)27-6)22(15)20(25)28-21(2,3)4/h11,14-17H,7-10,12-13H2,1-6H3/t15-,16+/m1/s1. The lowest BCUT2D eigenvalue weighted by Crippen LogP contribution is -2.56. The molecule has 0 saturated carbocycles. The second-order valence-corrected chi connectivity index (χ2v) is 8.07. The van der Waals surface area contributed by atoms with Gasteiger partial charge in [-0.3, -0.25) is 14.5 Å². The lowest BCUT2D eigenvalue weighted by molar-refractivity contribution is -0.161.